The predicted molar refractivity (Wildman–Crippen MR) is 442 cm³/mol. The summed E-state index contributed by atoms with van der Waals surface area (Å²) in [6, 6.07) is 53.8. The molecule has 130 heavy (non-hydrogen) atoms. The third-order valence-corrected chi connectivity index (χ3v) is 21.1. The Bertz CT molecular complexity index is 6150. The molecule has 14 rings (SSSR count). The Morgan fingerprint density at radius 3 is 0.915 bits per heavy atom. The van der Waals surface area contributed by atoms with Crippen LogP contribution in [0.5, 0.6) is 34.5 Å². The van der Waals surface area contributed by atoms with Crippen molar-refractivity contribution in [3.63, 3.8) is 0 Å². The summed E-state index contributed by atoms with van der Waals surface area (Å²) >= 11 is 0. The highest BCUT2D eigenvalue weighted by molar-refractivity contribution is 6.16. The minimum atomic E-state index is -5.48. The number of anilines is 5. The van der Waals surface area contributed by atoms with Gasteiger partial charge in [-0.05, 0) is 237 Å². The van der Waals surface area contributed by atoms with Gasteiger partial charge in [0.15, 0.2) is 6.54 Å². The highest BCUT2D eigenvalue weighted by Gasteiger charge is 2.45. The van der Waals surface area contributed by atoms with Crippen LogP contribution in [0, 0.1) is 45.4 Å². The lowest BCUT2D eigenvalue weighted by Crippen LogP contribution is -2.55. The zero-order chi connectivity index (χ0) is 93.4. The van der Waals surface area contributed by atoms with Crippen molar-refractivity contribution >= 4 is 50.5 Å². The van der Waals surface area contributed by atoms with Gasteiger partial charge in [0, 0.05) is 57.6 Å². The van der Waals surface area contributed by atoms with Crippen molar-refractivity contribution in [3.05, 3.63) is 315 Å². The van der Waals surface area contributed by atoms with E-state index < -0.39 is 174 Å². The van der Waals surface area contributed by atoms with Gasteiger partial charge in [-0.25, -0.2) is 0 Å². The van der Waals surface area contributed by atoms with Gasteiger partial charge < -0.3 is 38.2 Å². The van der Waals surface area contributed by atoms with Crippen LogP contribution in [0.25, 0.3) is 44.3 Å². The number of hydrogen-bond acceptors (Lipinski definition) is 11. The lowest BCUT2D eigenvalue weighted by atomic mass is 9.90. The molecule has 2 aromatic heterocycles. The van der Waals surface area contributed by atoms with Crippen molar-refractivity contribution in [2.24, 2.45) is 10.8 Å². The second-order valence-corrected chi connectivity index (χ2v) is 31.7. The molecule has 14 aromatic rings. The number of ether oxygens (including phenoxy) is 6. The molecule has 678 valence electrons. The van der Waals surface area contributed by atoms with E-state index in [0.717, 1.165) is 39.9 Å². The van der Waals surface area contributed by atoms with Crippen molar-refractivity contribution in [2.45, 2.75) is 90.9 Å². The SMILES string of the molecule is Cc1cc(C)cc(OCC(COc2cc(C)cc(C(F)(F)F)c2)(COc2cc(C(F)(F)F)cc(C(F)(F)F)c2)Cn2nc3c(-c4ccc(N(c5ccccc5)c5ccccc5)cc4)c4n[n+](CC(COc5cc(C)cc(C(F)(F)F)c5)(COc5cc(C)cc(C(F)(F)F)c5)COc5cc(C(F)(F)F)cc(C(F)(F)F)c5)[n-]c4c(-c4ccc(N(C)c5ccccc5)cc4)c3n2)c1. The molecular weight excluding hydrogens is 1750 g/mol. The molecular formula is C95H75F21N8O6. The number of nitrogens with zero attached hydrogens (tertiary/aromatic N) is 8. The van der Waals surface area contributed by atoms with Crippen molar-refractivity contribution in [3.8, 4) is 56.8 Å². The molecule has 0 bridgehead atoms. The van der Waals surface area contributed by atoms with Crippen LogP contribution in [0.2, 0.25) is 0 Å². The molecule has 12 aromatic carbocycles. The van der Waals surface area contributed by atoms with Crippen LogP contribution in [0.4, 0.5) is 121 Å². The number of rotatable bonds is 29. The van der Waals surface area contributed by atoms with E-state index in [9.17, 15) is 92.2 Å². The Morgan fingerprint density at radius 2 is 0.569 bits per heavy atom. The monoisotopic (exact) mass is 1820 g/mol. The van der Waals surface area contributed by atoms with E-state index in [2.05, 4.69) is 0 Å². The molecule has 14 nitrogen and oxygen atoms in total. The molecule has 0 fully saturated rings. The van der Waals surface area contributed by atoms with Gasteiger partial charge in [0.2, 0.25) is 0 Å². The maximum absolute atomic E-state index is 14.8. The highest BCUT2D eigenvalue weighted by Crippen LogP contribution is 2.48. The first-order valence-corrected chi connectivity index (χ1v) is 39.7. The van der Waals surface area contributed by atoms with E-state index in [1.165, 1.54) is 26.8 Å². The molecule has 1 unspecified atom stereocenters. The first-order valence-electron chi connectivity index (χ1n) is 39.7. The number of para-hydroxylation sites is 3. The molecule has 0 saturated heterocycles. The second-order valence-electron chi connectivity index (χ2n) is 31.7. The van der Waals surface area contributed by atoms with Gasteiger partial charge in [-0.15, -0.1) is 0 Å². The lowest BCUT2D eigenvalue weighted by Gasteiger charge is -2.33. The summed E-state index contributed by atoms with van der Waals surface area (Å²) < 4.78 is 348. The standard InChI is InChI=1S/C95H75F21N8O6/c1-56-30-57(2)35-75(34-56)125-50-87(51-126-76-36-58(3)31-63(41-76)89(96,97)98,54-129-79-44-66(92(105,106)107)39-67(45-79)93(108,109)110)48-122-117-83-81(61-22-26-71(27-23-61)121(6)70-16-10-7-11-17-70)84-86(82(85(83)119-122)62-24-28-74(29-25-62)124(72-18-12-8-13-19-72)73-20-14-9-15-21-73)120-123(118-84)49-88(52-127-77-37-59(4)32-64(42-77)90(99,100)101,53-128-78-38-60(5)33-65(43-78)91(102,103)104)55-130-80-46-68(94(111,112)113)40-69(47-80)95(114,115)116/h7-47H,48-55H2,1-6H3. The van der Waals surface area contributed by atoms with Gasteiger partial charge in [0.05, 0.1) is 50.9 Å². The summed E-state index contributed by atoms with van der Waals surface area (Å²) in [4.78, 5) is 5.70. The molecule has 0 N–H and O–H groups in total. The van der Waals surface area contributed by atoms with Gasteiger partial charge >= 0.3 is 43.2 Å². The summed E-state index contributed by atoms with van der Waals surface area (Å²) in [7, 11) is 1.75. The molecule has 0 aliphatic carbocycles. The predicted octanol–water partition coefficient (Wildman–Crippen LogP) is 25.9. The lowest BCUT2D eigenvalue weighted by molar-refractivity contribution is -0.814. The van der Waals surface area contributed by atoms with Crippen LogP contribution < -0.4 is 48.1 Å². The fourth-order valence-corrected chi connectivity index (χ4v) is 14.9. The summed E-state index contributed by atoms with van der Waals surface area (Å²) in [6.07, 6.45) is -36.8. The maximum atomic E-state index is 14.8. The fourth-order valence-electron chi connectivity index (χ4n) is 14.9. The highest BCUT2D eigenvalue weighted by atomic mass is 19.4. The van der Waals surface area contributed by atoms with Crippen LogP contribution in [0.1, 0.15) is 66.8 Å². The topological polar surface area (TPSA) is 123 Å². The van der Waals surface area contributed by atoms with E-state index in [0.29, 0.717) is 69.9 Å². The summed E-state index contributed by atoms with van der Waals surface area (Å²) in [5.41, 5.74) is -11.3. The largest absolute Gasteiger partial charge is 0.493 e. The van der Waals surface area contributed by atoms with Gasteiger partial charge in [-0.3, -0.25) is 0 Å². The minimum Gasteiger partial charge on any atom is -0.493 e. The fraction of sp³-hybridized carbons (Fsp3) is 0.242. The van der Waals surface area contributed by atoms with Gasteiger partial charge in [0.1, 0.15) is 90.6 Å². The number of halogens is 21. The van der Waals surface area contributed by atoms with Crippen molar-refractivity contribution in [1.29, 1.82) is 0 Å². The number of aryl methyl sites for hydroxylation is 5. The minimum absolute atomic E-state index is 0.000615. The Kier molecular flexibility index (Phi) is 25.7. The van der Waals surface area contributed by atoms with E-state index >= 15 is 0 Å². The zero-order valence-electron chi connectivity index (χ0n) is 69.3. The molecule has 0 aliphatic heterocycles. The van der Waals surface area contributed by atoms with Crippen LogP contribution in [0.3, 0.4) is 0 Å². The number of alkyl halides is 21. The molecule has 0 aliphatic rings. The molecule has 0 radical (unpaired) electrons. The normalized spacial score (nSPS) is 13.0. The number of aromatic nitrogens is 6. The van der Waals surface area contributed by atoms with E-state index in [4.69, 9.17) is 48.8 Å². The van der Waals surface area contributed by atoms with Gasteiger partial charge in [-0.1, -0.05) is 84.9 Å². The molecule has 1 atom stereocenters. The van der Waals surface area contributed by atoms with Crippen LogP contribution in [-0.2, 0) is 56.3 Å². The molecule has 2 heterocycles. The molecule has 0 amide bonds. The Morgan fingerprint density at radius 1 is 0.300 bits per heavy atom. The second kappa shape index (κ2) is 36.1. The quantitative estimate of drug-likeness (QED) is 0.0327. The van der Waals surface area contributed by atoms with E-state index in [-0.39, 0.29) is 91.0 Å². The Hall–Kier alpha value is -13.6. The summed E-state index contributed by atoms with van der Waals surface area (Å²) in [6.45, 7) is -0.270. The number of fused-ring (bicyclic) bond motifs is 2. The number of benzene rings is 12. The first kappa shape index (κ1) is 92.5. The van der Waals surface area contributed by atoms with Gasteiger partial charge in [0.25, 0.3) is 0 Å². The summed E-state index contributed by atoms with van der Waals surface area (Å²) in [5.74, 6) is -3.51. The van der Waals surface area contributed by atoms with E-state index in [1.807, 2.05) is 46.2 Å². The van der Waals surface area contributed by atoms with Crippen LogP contribution >= 0.6 is 0 Å². The Labute approximate surface area is 728 Å². The smallest absolute Gasteiger partial charge is 0.416 e. The first-order chi connectivity index (χ1) is 61.1. The number of hydrogen-bond donors (Lipinski definition) is 0. The van der Waals surface area contributed by atoms with Crippen LogP contribution in [0.15, 0.2) is 249 Å². The summed E-state index contributed by atoms with van der Waals surface area (Å²) in [5, 5.41) is 20.7. The molecule has 0 spiro atoms. The Balaban J connectivity index is 1.04. The van der Waals surface area contributed by atoms with Crippen molar-refractivity contribution in [2.75, 3.05) is 56.5 Å². The zero-order valence-corrected chi connectivity index (χ0v) is 69.3. The average molecular weight is 1820 g/mol. The van der Waals surface area contributed by atoms with Gasteiger partial charge in [-0.2, -0.15) is 122 Å². The third kappa shape index (κ3) is 22.0. The van der Waals surface area contributed by atoms with Crippen LogP contribution in [-0.4, -0.2) is 66.8 Å². The molecule has 35 heteroatoms. The third-order valence-electron chi connectivity index (χ3n) is 21.1. The van der Waals surface area contributed by atoms with E-state index in [1.54, 1.807) is 142 Å². The van der Waals surface area contributed by atoms with Crippen molar-refractivity contribution in [1.82, 2.24) is 25.2 Å². The average Bonchev–Trinajstić information content (AvgIpc) is 1.56. The van der Waals surface area contributed by atoms with Crippen molar-refractivity contribution < 1.29 is 125 Å². The molecule has 0 saturated carbocycles. The maximum Gasteiger partial charge on any atom is 0.416 e.